The van der Waals surface area contributed by atoms with Gasteiger partial charge in [-0.25, -0.2) is 10.0 Å². The van der Waals surface area contributed by atoms with Crippen molar-refractivity contribution in [3.8, 4) is 0 Å². The first-order chi connectivity index (χ1) is 22.8. The lowest BCUT2D eigenvalue weighted by Gasteiger charge is -2.70. The molecule has 0 saturated heterocycles. The second kappa shape index (κ2) is 24.2. The number of unbranched alkanes of at least 4 members (excludes halogenated alkanes) is 6. The fourth-order valence-electron chi connectivity index (χ4n) is 8.67. The highest BCUT2D eigenvalue weighted by Gasteiger charge is 2.61. The maximum atomic E-state index is 3.06. The lowest BCUT2D eigenvalue weighted by Crippen LogP contribution is -2.86. The molecular formula is C44H95N5. The SMILES string of the molecule is CCCCCN(CCCCC)N(CCC(C)C)C(C(C(C)C)N(CCCC)CCCC)(N(CC(C)C)CC(C)C)N(C(C)(C)C)C(C)(C)C. The molecule has 0 aliphatic rings. The summed E-state index contributed by atoms with van der Waals surface area (Å²) in [4.78, 5) is 9.12. The van der Waals surface area contributed by atoms with Crippen molar-refractivity contribution in [1.29, 1.82) is 0 Å². The number of hydrazine groups is 1. The van der Waals surface area contributed by atoms with Gasteiger partial charge in [0.05, 0.1) is 6.04 Å². The van der Waals surface area contributed by atoms with Crippen LogP contribution in [0.4, 0.5) is 0 Å². The van der Waals surface area contributed by atoms with Crippen LogP contribution in [-0.2, 0) is 0 Å². The predicted molar refractivity (Wildman–Crippen MR) is 222 cm³/mol. The van der Waals surface area contributed by atoms with Crippen molar-refractivity contribution in [2.45, 2.75) is 218 Å². The van der Waals surface area contributed by atoms with E-state index in [1.807, 2.05) is 0 Å². The van der Waals surface area contributed by atoms with E-state index in [2.05, 4.69) is 149 Å². The molecule has 0 saturated carbocycles. The fraction of sp³-hybridized carbons (Fsp3) is 1.00. The standard InChI is InChI=1S/C44H95N5/c1-19-23-27-32-47(33-28-24-20-2)48(34-29-37(5)6)44(46(35-38(7)8)36-39(9)10,49(42(13,14)15)43(16,17)18)41(40(11)12)45(30-25-21-3)31-26-22-4/h37-41H,19-36H2,1-18H3. The van der Waals surface area contributed by atoms with E-state index < -0.39 is 0 Å². The Balaban J connectivity index is 8.86. The normalized spacial score (nSPS) is 15.5. The van der Waals surface area contributed by atoms with Crippen LogP contribution in [0.2, 0.25) is 0 Å². The van der Waals surface area contributed by atoms with Gasteiger partial charge in [0.25, 0.3) is 0 Å². The second-order valence-electron chi connectivity index (χ2n) is 19.2. The highest BCUT2D eigenvalue weighted by Crippen LogP contribution is 2.46. The molecule has 0 bridgehead atoms. The van der Waals surface area contributed by atoms with E-state index in [4.69, 9.17) is 0 Å². The number of nitrogens with zero attached hydrogens (tertiary/aromatic N) is 5. The highest BCUT2D eigenvalue weighted by molar-refractivity contribution is 5.09. The summed E-state index contributed by atoms with van der Waals surface area (Å²) in [6, 6.07) is 0.327. The van der Waals surface area contributed by atoms with Crippen LogP contribution in [-0.4, -0.2) is 93.4 Å². The molecule has 49 heavy (non-hydrogen) atoms. The van der Waals surface area contributed by atoms with Crippen molar-refractivity contribution in [2.24, 2.45) is 23.7 Å². The van der Waals surface area contributed by atoms with Crippen LogP contribution in [0.3, 0.4) is 0 Å². The van der Waals surface area contributed by atoms with Crippen molar-refractivity contribution in [3.05, 3.63) is 0 Å². The number of hydrogen-bond donors (Lipinski definition) is 0. The lowest BCUT2D eigenvalue weighted by molar-refractivity contribution is -0.321. The van der Waals surface area contributed by atoms with E-state index in [9.17, 15) is 0 Å². The van der Waals surface area contributed by atoms with Gasteiger partial charge in [-0.3, -0.25) is 14.7 Å². The van der Waals surface area contributed by atoms with E-state index in [1.165, 1.54) is 83.7 Å². The summed E-state index contributed by atoms with van der Waals surface area (Å²) < 4.78 is 0. The monoisotopic (exact) mass is 694 g/mol. The third-order valence-electron chi connectivity index (χ3n) is 10.0. The zero-order valence-electron chi connectivity index (χ0n) is 37.4. The molecule has 5 heteroatoms. The summed E-state index contributed by atoms with van der Waals surface area (Å²) >= 11 is 0. The van der Waals surface area contributed by atoms with Crippen LogP contribution >= 0.6 is 0 Å². The first kappa shape index (κ1) is 48.8. The number of rotatable bonds is 28. The van der Waals surface area contributed by atoms with Gasteiger partial charge in [-0.2, -0.15) is 0 Å². The van der Waals surface area contributed by atoms with Crippen molar-refractivity contribution >= 4 is 0 Å². The summed E-state index contributed by atoms with van der Waals surface area (Å²) in [7, 11) is 0. The first-order valence-corrected chi connectivity index (χ1v) is 21.6. The molecule has 0 aromatic carbocycles. The van der Waals surface area contributed by atoms with Crippen LogP contribution < -0.4 is 0 Å². The Kier molecular flexibility index (Phi) is 24.1. The predicted octanol–water partition coefficient (Wildman–Crippen LogP) is 12.0. The third kappa shape index (κ3) is 16.1. The summed E-state index contributed by atoms with van der Waals surface area (Å²) in [5.41, 5.74) is -0.152. The van der Waals surface area contributed by atoms with Gasteiger partial charge in [0, 0.05) is 43.8 Å². The molecule has 296 valence electrons. The first-order valence-electron chi connectivity index (χ1n) is 21.6. The van der Waals surface area contributed by atoms with Crippen molar-refractivity contribution < 1.29 is 0 Å². The van der Waals surface area contributed by atoms with Gasteiger partial charge in [0.15, 0.2) is 5.79 Å². The Morgan fingerprint density at radius 1 is 0.469 bits per heavy atom. The van der Waals surface area contributed by atoms with Gasteiger partial charge in [-0.05, 0) is 110 Å². The second-order valence-corrected chi connectivity index (χ2v) is 19.2. The smallest absolute Gasteiger partial charge is 0.161 e. The van der Waals surface area contributed by atoms with E-state index >= 15 is 0 Å². The maximum absolute atomic E-state index is 3.06. The molecule has 0 heterocycles. The molecule has 2 atom stereocenters. The average Bonchev–Trinajstić information content (AvgIpc) is 2.95. The molecule has 0 spiro atoms. The molecule has 5 nitrogen and oxygen atoms in total. The van der Waals surface area contributed by atoms with Crippen LogP contribution in [0.25, 0.3) is 0 Å². The average molecular weight is 694 g/mol. The summed E-state index contributed by atoms with van der Waals surface area (Å²) in [6.07, 6.45) is 13.8. The zero-order valence-corrected chi connectivity index (χ0v) is 37.4. The van der Waals surface area contributed by atoms with Crippen LogP contribution in [0, 0.1) is 23.7 Å². The van der Waals surface area contributed by atoms with Crippen molar-refractivity contribution in [3.63, 3.8) is 0 Å². The van der Waals surface area contributed by atoms with Crippen LogP contribution in [0.1, 0.15) is 195 Å². The third-order valence-corrected chi connectivity index (χ3v) is 10.0. The fourth-order valence-corrected chi connectivity index (χ4v) is 8.67. The van der Waals surface area contributed by atoms with E-state index in [0.717, 1.165) is 32.7 Å². The summed E-state index contributed by atoms with van der Waals surface area (Å²) in [5, 5.41) is 5.99. The Bertz CT molecular complexity index is 752. The highest BCUT2D eigenvalue weighted by atomic mass is 15.8. The molecule has 0 aromatic heterocycles. The summed E-state index contributed by atoms with van der Waals surface area (Å²) in [5.74, 6) is 1.88. The minimum Gasteiger partial charge on any atom is -0.296 e. The van der Waals surface area contributed by atoms with Crippen molar-refractivity contribution in [2.75, 3.05) is 45.8 Å². The molecule has 0 N–H and O–H groups in total. The summed E-state index contributed by atoms with van der Waals surface area (Å²) in [6.45, 7) is 52.4. The van der Waals surface area contributed by atoms with Gasteiger partial charge in [0.2, 0.25) is 0 Å². The molecule has 0 fully saturated rings. The molecule has 0 radical (unpaired) electrons. The van der Waals surface area contributed by atoms with Gasteiger partial charge < -0.3 is 0 Å². The van der Waals surface area contributed by atoms with Gasteiger partial charge in [-0.1, -0.05) is 122 Å². The zero-order chi connectivity index (χ0) is 38.0. The van der Waals surface area contributed by atoms with E-state index in [1.54, 1.807) is 0 Å². The molecular weight excluding hydrogens is 599 g/mol. The van der Waals surface area contributed by atoms with E-state index in [-0.39, 0.29) is 16.9 Å². The van der Waals surface area contributed by atoms with Gasteiger partial charge in [0.1, 0.15) is 0 Å². The van der Waals surface area contributed by atoms with Crippen LogP contribution in [0.5, 0.6) is 0 Å². The Morgan fingerprint density at radius 3 is 1.18 bits per heavy atom. The Hall–Kier alpha value is -0.200. The maximum Gasteiger partial charge on any atom is 0.161 e. The Morgan fingerprint density at radius 2 is 0.878 bits per heavy atom. The molecule has 2 unspecified atom stereocenters. The largest absolute Gasteiger partial charge is 0.296 e. The number of hydrogen-bond acceptors (Lipinski definition) is 5. The quantitative estimate of drug-likeness (QED) is 0.0459. The minimum absolute atomic E-state index is 0.0760. The molecule has 0 aromatic rings. The Labute approximate surface area is 311 Å². The van der Waals surface area contributed by atoms with Crippen molar-refractivity contribution in [1.82, 2.24) is 24.7 Å². The van der Waals surface area contributed by atoms with Gasteiger partial charge in [-0.15, -0.1) is 0 Å². The van der Waals surface area contributed by atoms with E-state index in [0.29, 0.717) is 29.7 Å². The molecule has 0 aliphatic heterocycles. The molecule has 0 aliphatic carbocycles. The van der Waals surface area contributed by atoms with Gasteiger partial charge >= 0.3 is 0 Å². The van der Waals surface area contributed by atoms with Crippen LogP contribution in [0.15, 0.2) is 0 Å². The molecule has 0 rings (SSSR count). The minimum atomic E-state index is -0.353. The topological polar surface area (TPSA) is 16.2 Å². The lowest BCUT2D eigenvalue weighted by atomic mass is 9.82. The molecule has 0 amide bonds.